The number of imide groups is 1. The molecule has 0 unspecified atom stereocenters. The number of urea groups is 1. The SMILES string of the molecule is CCNC(=O)NC(=O)CSc1nnc(Cc2ccccc2)n1-c1ccc(Cl)cc1. The number of nitrogens with zero attached hydrogens (tertiary/aromatic N) is 3. The zero-order valence-electron chi connectivity index (χ0n) is 15.8. The van der Waals surface area contributed by atoms with Gasteiger partial charge in [0.1, 0.15) is 5.82 Å². The lowest BCUT2D eigenvalue weighted by molar-refractivity contribution is -0.117. The third kappa shape index (κ3) is 5.82. The summed E-state index contributed by atoms with van der Waals surface area (Å²) in [6.07, 6.45) is 0.585. The Kier molecular flexibility index (Phi) is 7.26. The minimum atomic E-state index is -0.512. The van der Waals surface area contributed by atoms with Crippen LogP contribution in [-0.2, 0) is 11.2 Å². The molecule has 0 aliphatic heterocycles. The van der Waals surface area contributed by atoms with Gasteiger partial charge in [0.2, 0.25) is 5.91 Å². The van der Waals surface area contributed by atoms with Gasteiger partial charge in [-0.25, -0.2) is 4.79 Å². The number of benzene rings is 2. The van der Waals surface area contributed by atoms with Crippen LogP contribution < -0.4 is 10.6 Å². The Balaban J connectivity index is 1.82. The molecule has 1 aromatic heterocycles. The summed E-state index contributed by atoms with van der Waals surface area (Å²) in [5.41, 5.74) is 1.94. The summed E-state index contributed by atoms with van der Waals surface area (Å²) >= 11 is 7.23. The summed E-state index contributed by atoms with van der Waals surface area (Å²) in [6.45, 7) is 2.22. The van der Waals surface area contributed by atoms with Crippen LogP contribution in [0.25, 0.3) is 5.69 Å². The molecule has 150 valence electrons. The molecule has 3 aromatic rings. The van der Waals surface area contributed by atoms with Crippen molar-refractivity contribution in [2.75, 3.05) is 12.3 Å². The van der Waals surface area contributed by atoms with Gasteiger partial charge < -0.3 is 5.32 Å². The highest BCUT2D eigenvalue weighted by atomic mass is 35.5. The molecule has 0 saturated carbocycles. The zero-order chi connectivity index (χ0) is 20.6. The molecule has 0 spiro atoms. The van der Waals surface area contributed by atoms with E-state index in [9.17, 15) is 9.59 Å². The molecule has 0 atom stereocenters. The number of halogens is 1. The van der Waals surface area contributed by atoms with Gasteiger partial charge in [0.05, 0.1) is 5.75 Å². The van der Waals surface area contributed by atoms with Crippen molar-refractivity contribution in [1.29, 1.82) is 0 Å². The fourth-order valence-electron chi connectivity index (χ4n) is 2.63. The molecule has 0 radical (unpaired) electrons. The van der Waals surface area contributed by atoms with E-state index < -0.39 is 11.9 Å². The van der Waals surface area contributed by atoms with Crippen LogP contribution in [0, 0.1) is 0 Å². The van der Waals surface area contributed by atoms with E-state index in [1.54, 1.807) is 19.1 Å². The average molecular weight is 430 g/mol. The molecule has 2 aromatic carbocycles. The van der Waals surface area contributed by atoms with Gasteiger partial charge in [0, 0.05) is 23.7 Å². The number of carbonyl (C=O) groups is 2. The van der Waals surface area contributed by atoms with Crippen LogP contribution in [0.15, 0.2) is 59.8 Å². The van der Waals surface area contributed by atoms with Crippen LogP contribution in [0.3, 0.4) is 0 Å². The van der Waals surface area contributed by atoms with E-state index in [1.807, 2.05) is 47.0 Å². The molecule has 0 aliphatic rings. The quantitative estimate of drug-likeness (QED) is 0.561. The summed E-state index contributed by atoms with van der Waals surface area (Å²) in [5.74, 6) is 0.371. The Morgan fingerprint density at radius 1 is 1.07 bits per heavy atom. The van der Waals surface area contributed by atoms with Crippen LogP contribution in [0.2, 0.25) is 5.02 Å². The van der Waals surface area contributed by atoms with Gasteiger partial charge in [-0.3, -0.25) is 14.7 Å². The van der Waals surface area contributed by atoms with Gasteiger partial charge >= 0.3 is 6.03 Å². The molecular weight excluding hydrogens is 410 g/mol. The van der Waals surface area contributed by atoms with E-state index in [4.69, 9.17) is 11.6 Å². The third-order valence-electron chi connectivity index (χ3n) is 3.91. The van der Waals surface area contributed by atoms with E-state index in [2.05, 4.69) is 20.8 Å². The second-order valence-electron chi connectivity index (χ2n) is 6.07. The van der Waals surface area contributed by atoms with E-state index in [1.165, 1.54) is 11.8 Å². The molecule has 1 heterocycles. The average Bonchev–Trinajstić information content (AvgIpc) is 3.10. The van der Waals surface area contributed by atoms with E-state index in [0.717, 1.165) is 17.1 Å². The smallest absolute Gasteiger partial charge is 0.321 e. The lowest BCUT2D eigenvalue weighted by Gasteiger charge is -2.11. The first-order valence-electron chi connectivity index (χ1n) is 9.01. The minimum absolute atomic E-state index is 0.0359. The lowest BCUT2D eigenvalue weighted by Crippen LogP contribution is -2.40. The number of nitrogens with one attached hydrogen (secondary N) is 2. The molecule has 7 nitrogen and oxygen atoms in total. The van der Waals surface area contributed by atoms with Gasteiger partial charge in [0.15, 0.2) is 5.16 Å². The lowest BCUT2D eigenvalue weighted by atomic mass is 10.1. The first kappa shape index (κ1) is 20.9. The monoisotopic (exact) mass is 429 g/mol. The standard InChI is InChI=1S/C20H20ClN5O2S/c1-2-22-19(28)23-18(27)13-29-20-25-24-17(12-14-6-4-3-5-7-14)26(20)16-10-8-15(21)9-11-16/h3-11H,2,12-13H2,1H3,(H2,22,23,27,28). The molecule has 0 fully saturated rings. The van der Waals surface area contributed by atoms with Crippen molar-refractivity contribution in [3.8, 4) is 5.69 Å². The van der Waals surface area contributed by atoms with Gasteiger partial charge in [0.25, 0.3) is 0 Å². The molecule has 2 N–H and O–H groups in total. The normalized spacial score (nSPS) is 10.6. The fourth-order valence-corrected chi connectivity index (χ4v) is 3.53. The van der Waals surface area contributed by atoms with E-state index in [-0.39, 0.29) is 5.75 Å². The minimum Gasteiger partial charge on any atom is -0.338 e. The van der Waals surface area contributed by atoms with Gasteiger partial charge in [-0.1, -0.05) is 53.7 Å². The number of hydrogen-bond donors (Lipinski definition) is 2. The Bertz CT molecular complexity index is 976. The third-order valence-corrected chi connectivity index (χ3v) is 5.09. The molecule has 3 amide bonds. The van der Waals surface area contributed by atoms with Crippen LogP contribution >= 0.6 is 23.4 Å². The predicted octanol–water partition coefficient (Wildman–Crippen LogP) is 3.45. The van der Waals surface area contributed by atoms with Crippen LogP contribution in [0.4, 0.5) is 4.79 Å². The van der Waals surface area contributed by atoms with Crippen molar-refractivity contribution in [1.82, 2.24) is 25.4 Å². The second kappa shape index (κ2) is 10.1. The maximum atomic E-state index is 12.0. The molecule has 0 bridgehead atoms. The summed E-state index contributed by atoms with van der Waals surface area (Å²) in [6, 6.07) is 16.8. The Labute approximate surface area is 177 Å². The van der Waals surface area contributed by atoms with Crippen LogP contribution in [0.1, 0.15) is 18.3 Å². The largest absolute Gasteiger partial charge is 0.338 e. The second-order valence-corrected chi connectivity index (χ2v) is 7.45. The molecule has 9 heteroatoms. The number of carbonyl (C=O) groups excluding carboxylic acids is 2. The van der Waals surface area contributed by atoms with Gasteiger partial charge in [-0.2, -0.15) is 0 Å². The number of aromatic nitrogens is 3. The highest BCUT2D eigenvalue weighted by molar-refractivity contribution is 7.99. The molecule has 29 heavy (non-hydrogen) atoms. The topological polar surface area (TPSA) is 88.9 Å². The summed E-state index contributed by atoms with van der Waals surface area (Å²) in [7, 11) is 0. The Morgan fingerprint density at radius 2 is 1.79 bits per heavy atom. The van der Waals surface area contributed by atoms with Crippen molar-refractivity contribution < 1.29 is 9.59 Å². The van der Waals surface area contributed by atoms with Crippen LogP contribution in [0.5, 0.6) is 0 Å². The molecule has 0 aliphatic carbocycles. The number of rotatable bonds is 7. The summed E-state index contributed by atoms with van der Waals surface area (Å²) in [4.78, 5) is 23.5. The van der Waals surface area contributed by atoms with E-state index in [0.29, 0.717) is 23.1 Å². The fraction of sp³-hybridized carbons (Fsp3) is 0.200. The Morgan fingerprint density at radius 3 is 2.48 bits per heavy atom. The van der Waals surface area contributed by atoms with Gasteiger partial charge in [-0.05, 0) is 36.8 Å². The first-order valence-corrected chi connectivity index (χ1v) is 10.4. The van der Waals surface area contributed by atoms with Crippen molar-refractivity contribution in [3.63, 3.8) is 0 Å². The van der Waals surface area contributed by atoms with Crippen molar-refractivity contribution >= 4 is 35.3 Å². The Hall–Kier alpha value is -2.84. The highest BCUT2D eigenvalue weighted by Gasteiger charge is 2.17. The molecule has 3 rings (SSSR count). The van der Waals surface area contributed by atoms with Crippen LogP contribution in [-0.4, -0.2) is 39.0 Å². The summed E-state index contributed by atoms with van der Waals surface area (Å²) in [5, 5.41) is 14.6. The number of amides is 3. The maximum absolute atomic E-state index is 12.0. The van der Waals surface area contributed by atoms with Gasteiger partial charge in [-0.15, -0.1) is 10.2 Å². The molecule has 0 saturated heterocycles. The number of thioether (sulfide) groups is 1. The number of hydrogen-bond acceptors (Lipinski definition) is 5. The van der Waals surface area contributed by atoms with E-state index >= 15 is 0 Å². The van der Waals surface area contributed by atoms with Crippen molar-refractivity contribution in [3.05, 3.63) is 71.0 Å². The first-order chi connectivity index (χ1) is 14.1. The zero-order valence-corrected chi connectivity index (χ0v) is 17.3. The highest BCUT2D eigenvalue weighted by Crippen LogP contribution is 2.24. The molecular formula is C20H20ClN5O2S. The maximum Gasteiger partial charge on any atom is 0.321 e. The van der Waals surface area contributed by atoms with Crippen molar-refractivity contribution in [2.24, 2.45) is 0 Å². The predicted molar refractivity (Wildman–Crippen MR) is 114 cm³/mol. The van der Waals surface area contributed by atoms with Crippen molar-refractivity contribution in [2.45, 2.75) is 18.5 Å². The summed E-state index contributed by atoms with van der Waals surface area (Å²) < 4.78 is 1.90.